The van der Waals surface area contributed by atoms with Crippen LogP contribution in [0.1, 0.15) is 20.9 Å². The number of aliphatic hydroxyl groups is 1. The summed E-state index contributed by atoms with van der Waals surface area (Å²) in [5.74, 6) is -0.224. The van der Waals surface area contributed by atoms with E-state index >= 15 is 0 Å². The molecule has 0 fully saturated rings. The van der Waals surface area contributed by atoms with Crippen LogP contribution in [0.3, 0.4) is 0 Å². The molecule has 4 N–H and O–H groups in total. The molecule has 2 aromatic rings. The minimum atomic E-state index is -0.224. The Morgan fingerprint density at radius 3 is 2.61 bits per heavy atom. The number of hydrogen-bond acceptors (Lipinski definition) is 5. The Morgan fingerprint density at radius 1 is 1.44 bits per heavy atom. The maximum absolute atomic E-state index is 12.0. The number of carbonyl (C=O) groups is 1. The second kappa shape index (κ2) is 5.16. The van der Waals surface area contributed by atoms with E-state index in [1.165, 1.54) is 0 Å². The summed E-state index contributed by atoms with van der Waals surface area (Å²) in [6.45, 7) is 1.73. The molecule has 18 heavy (non-hydrogen) atoms. The van der Waals surface area contributed by atoms with Gasteiger partial charge in [0.15, 0.2) is 5.13 Å². The number of nitrogens with two attached hydrogens (primary N) is 1. The summed E-state index contributed by atoms with van der Waals surface area (Å²) in [5.41, 5.74) is 7.64. The highest BCUT2D eigenvalue weighted by Crippen LogP contribution is 2.21. The van der Waals surface area contributed by atoms with E-state index in [9.17, 15) is 4.79 Å². The highest BCUT2D eigenvalue weighted by molar-refractivity contribution is 7.17. The van der Waals surface area contributed by atoms with E-state index in [-0.39, 0.29) is 12.5 Å². The van der Waals surface area contributed by atoms with Crippen LogP contribution >= 0.6 is 11.3 Å². The van der Waals surface area contributed by atoms with E-state index in [0.717, 1.165) is 16.9 Å². The fourth-order valence-electron chi connectivity index (χ4n) is 1.51. The summed E-state index contributed by atoms with van der Waals surface area (Å²) in [6.07, 6.45) is 0. The molecule has 1 heterocycles. The van der Waals surface area contributed by atoms with E-state index in [1.54, 1.807) is 31.2 Å². The van der Waals surface area contributed by atoms with Gasteiger partial charge in [-0.15, -0.1) is 0 Å². The summed E-state index contributed by atoms with van der Waals surface area (Å²) in [5, 5.41) is 12.1. The van der Waals surface area contributed by atoms with Crippen LogP contribution in [0, 0.1) is 6.92 Å². The summed E-state index contributed by atoms with van der Waals surface area (Å²) >= 11 is 1.16. The zero-order chi connectivity index (χ0) is 13.1. The Morgan fingerprint density at radius 2 is 2.11 bits per heavy atom. The maximum atomic E-state index is 12.0. The number of aryl methyl sites for hydroxylation is 1. The van der Waals surface area contributed by atoms with Crippen molar-refractivity contribution in [1.29, 1.82) is 0 Å². The van der Waals surface area contributed by atoms with Gasteiger partial charge in [-0.05, 0) is 24.6 Å². The molecule has 2 rings (SSSR count). The third-order valence-electron chi connectivity index (χ3n) is 2.41. The van der Waals surface area contributed by atoms with Crippen LogP contribution in [0.4, 0.5) is 10.8 Å². The number of rotatable bonds is 3. The van der Waals surface area contributed by atoms with Gasteiger partial charge in [-0.1, -0.05) is 23.5 Å². The molecule has 1 aromatic carbocycles. The molecule has 0 spiro atoms. The third-order valence-corrected chi connectivity index (χ3v) is 3.40. The predicted octanol–water partition coefficient (Wildman–Crippen LogP) is 1.78. The van der Waals surface area contributed by atoms with Crippen molar-refractivity contribution in [1.82, 2.24) is 4.98 Å². The highest BCUT2D eigenvalue weighted by Gasteiger charge is 2.14. The molecule has 94 valence electrons. The van der Waals surface area contributed by atoms with Gasteiger partial charge in [-0.25, -0.2) is 4.98 Å². The smallest absolute Gasteiger partial charge is 0.267 e. The quantitative estimate of drug-likeness (QED) is 0.787. The maximum Gasteiger partial charge on any atom is 0.267 e. The van der Waals surface area contributed by atoms with Gasteiger partial charge in [0.2, 0.25) is 0 Å². The van der Waals surface area contributed by atoms with E-state index < -0.39 is 0 Å². The number of benzene rings is 1. The largest absolute Gasteiger partial charge is 0.392 e. The lowest BCUT2D eigenvalue weighted by Gasteiger charge is -2.04. The second-order valence-corrected chi connectivity index (χ2v) is 4.81. The number of carbonyl (C=O) groups excluding carboxylic acids is 1. The molecule has 0 aliphatic heterocycles. The van der Waals surface area contributed by atoms with Gasteiger partial charge >= 0.3 is 0 Å². The van der Waals surface area contributed by atoms with Crippen LogP contribution in [0.2, 0.25) is 0 Å². The van der Waals surface area contributed by atoms with Crippen molar-refractivity contribution in [3.63, 3.8) is 0 Å². The molecule has 5 nitrogen and oxygen atoms in total. The van der Waals surface area contributed by atoms with E-state index in [2.05, 4.69) is 10.3 Å². The van der Waals surface area contributed by atoms with E-state index in [4.69, 9.17) is 10.8 Å². The molecular formula is C12H13N3O2S. The van der Waals surface area contributed by atoms with Crippen LogP contribution in [0.25, 0.3) is 0 Å². The Hall–Kier alpha value is -1.92. The van der Waals surface area contributed by atoms with Gasteiger partial charge < -0.3 is 16.2 Å². The zero-order valence-corrected chi connectivity index (χ0v) is 10.6. The first-order valence-corrected chi connectivity index (χ1v) is 6.16. The van der Waals surface area contributed by atoms with Gasteiger partial charge in [0.05, 0.1) is 12.3 Å². The van der Waals surface area contributed by atoms with Gasteiger partial charge in [0.1, 0.15) is 4.88 Å². The lowest BCUT2D eigenvalue weighted by molar-refractivity contribution is 0.103. The first-order valence-electron chi connectivity index (χ1n) is 5.34. The fraction of sp³-hybridized carbons (Fsp3) is 0.167. The van der Waals surface area contributed by atoms with Crippen molar-refractivity contribution in [2.24, 2.45) is 0 Å². The zero-order valence-electron chi connectivity index (χ0n) is 9.80. The third kappa shape index (κ3) is 2.66. The Kier molecular flexibility index (Phi) is 3.59. The SMILES string of the molecule is Cc1nc(N)sc1C(=O)Nc1ccc(CO)cc1. The van der Waals surface area contributed by atoms with E-state index in [1.807, 2.05) is 0 Å². The average molecular weight is 263 g/mol. The van der Waals surface area contributed by atoms with Crippen LogP contribution in [-0.2, 0) is 6.61 Å². The van der Waals surface area contributed by atoms with Crippen LogP contribution in [0.15, 0.2) is 24.3 Å². The number of nitrogens with zero attached hydrogens (tertiary/aromatic N) is 1. The lowest BCUT2D eigenvalue weighted by atomic mass is 10.2. The summed E-state index contributed by atoms with van der Waals surface area (Å²) in [7, 11) is 0. The first kappa shape index (κ1) is 12.5. The van der Waals surface area contributed by atoms with Gasteiger partial charge in [0.25, 0.3) is 5.91 Å². The van der Waals surface area contributed by atoms with Crippen molar-refractivity contribution < 1.29 is 9.90 Å². The summed E-state index contributed by atoms with van der Waals surface area (Å²) in [6, 6.07) is 6.99. The Labute approximate surface area is 108 Å². The molecule has 0 aliphatic carbocycles. The number of thiazole rings is 1. The molecule has 0 saturated carbocycles. The van der Waals surface area contributed by atoms with Crippen molar-refractivity contribution in [3.8, 4) is 0 Å². The van der Waals surface area contributed by atoms with Gasteiger partial charge in [0, 0.05) is 5.69 Å². The van der Waals surface area contributed by atoms with Crippen molar-refractivity contribution in [2.45, 2.75) is 13.5 Å². The van der Waals surface area contributed by atoms with Crippen LogP contribution in [-0.4, -0.2) is 16.0 Å². The van der Waals surface area contributed by atoms with E-state index in [0.29, 0.717) is 21.4 Å². The Balaban J connectivity index is 2.13. The first-order chi connectivity index (χ1) is 8.60. The summed E-state index contributed by atoms with van der Waals surface area (Å²) in [4.78, 5) is 16.5. The molecule has 0 bridgehead atoms. The average Bonchev–Trinajstić information content (AvgIpc) is 2.69. The lowest BCUT2D eigenvalue weighted by Crippen LogP contribution is -2.11. The van der Waals surface area contributed by atoms with Crippen LogP contribution < -0.4 is 11.1 Å². The molecule has 6 heteroatoms. The number of nitrogen functional groups attached to an aromatic ring is 1. The summed E-state index contributed by atoms with van der Waals surface area (Å²) < 4.78 is 0. The standard InChI is InChI=1S/C12H13N3O2S/c1-7-10(18-12(13)14-7)11(17)15-9-4-2-8(6-16)3-5-9/h2-5,16H,6H2,1H3,(H2,13,14)(H,15,17). The number of aliphatic hydroxyl groups excluding tert-OH is 1. The molecule has 0 atom stereocenters. The van der Waals surface area contributed by atoms with Crippen LogP contribution in [0.5, 0.6) is 0 Å². The van der Waals surface area contributed by atoms with Crippen molar-refractivity contribution in [2.75, 3.05) is 11.1 Å². The minimum absolute atomic E-state index is 0.0152. The molecular weight excluding hydrogens is 250 g/mol. The van der Waals surface area contributed by atoms with Crippen molar-refractivity contribution in [3.05, 3.63) is 40.4 Å². The molecule has 0 aliphatic rings. The topological polar surface area (TPSA) is 88.2 Å². The molecule has 1 aromatic heterocycles. The monoisotopic (exact) mass is 263 g/mol. The van der Waals surface area contributed by atoms with Gasteiger partial charge in [-0.2, -0.15) is 0 Å². The molecule has 0 radical (unpaired) electrons. The van der Waals surface area contributed by atoms with Crippen molar-refractivity contribution >= 4 is 28.1 Å². The molecule has 0 saturated heterocycles. The highest BCUT2D eigenvalue weighted by atomic mass is 32.1. The number of amides is 1. The number of nitrogens with one attached hydrogen (secondary N) is 1. The minimum Gasteiger partial charge on any atom is -0.392 e. The molecule has 0 unspecified atom stereocenters. The molecule has 1 amide bonds. The number of aromatic nitrogens is 1. The normalized spacial score (nSPS) is 10.3. The predicted molar refractivity (Wildman–Crippen MR) is 71.6 cm³/mol. The fourth-order valence-corrected chi connectivity index (χ4v) is 2.24. The number of hydrogen-bond donors (Lipinski definition) is 3. The second-order valence-electron chi connectivity index (χ2n) is 3.78. The Bertz CT molecular complexity index is 563. The van der Waals surface area contributed by atoms with Gasteiger partial charge in [-0.3, -0.25) is 4.79 Å². The number of anilines is 2.